The summed E-state index contributed by atoms with van der Waals surface area (Å²) in [5.41, 5.74) is 2.13. The van der Waals surface area contributed by atoms with Gasteiger partial charge in [0.05, 0.1) is 5.03 Å². The number of hydrogen-bond acceptors (Lipinski definition) is 13. The van der Waals surface area contributed by atoms with Crippen molar-refractivity contribution in [2.75, 3.05) is 25.0 Å². The Morgan fingerprint density at radius 1 is 0.569 bits per heavy atom. The molecule has 0 bridgehead atoms. The molecule has 0 aliphatic heterocycles. The van der Waals surface area contributed by atoms with Crippen LogP contribution in [-0.2, 0) is 32.3 Å². The molecule has 6 aromatic rings. The fourth-order valence-electron chi connectivity index (χ4n) is 2.94. The van der Waals surface area contributed by atoms with Gasteiger partial charge in [-0.1, -0.05) is 12.1 Å². The van der Waals surface area contributed by atoms with Gasteiger partial charge in [-0.05, 0) is 187 Å². The first-order valence-electron chi connectivity index (χ1n) is 15.4. The number of aromatic nitrogens is 6. The van der Waals surface area contributed by atoms with Gasteiger partial charge < -0.3 is 17.7 Å². The van der Waals surface area contributed by atoms with Crippen molar-refractivity contribution in [1.29, 1.82) is 0 Å². The van der Waals surface area contributed by atoms with Crippen LogP contribution in [0, 0.1) is 13.8 Å². The minimum absolute atomic E-state index is 0. The fourth-order valence-corrected chi connectivity index (χ4v) is 5.86. The second-order valence-electron chi connectivity index (χ2n) is 10.3. The topological polar surface area (TPSA) is 166 Å². The summed E-state index contributed by atoms with van der Waals surface area (Å²) in [4.78, 5) is 23.3. The standard InChI is InChI=1S/C7H9NO2S.C6H6BrNO2S.C6H6BrNS.C6H6BrN.C5H3Br2N.C5H4BrNO.CH4S.Na/c1-6-3-4-7(8-5-6)11(2,9)10;1-11(9,10)6-3-2-5(7)4-8-6;1-9-6-3-2-5(7)4-8-6;1-5-3-2-4-8-6(5)7;6-4-1-2-5(7)8-3-4;6-5-4(8)2-1-3-7-5;1-2;/h3-5H,1-2H3;2-4H,1H3;2-4H,1H3;2-4H,1H3;1-3H;1-3,8H;2H,1H3;/q;;;;;;;+1/p-1. The minimum atomic E-state index is -3.15. The maximum absolute atomic E-state index is 10.9. The number of aryl methyl sites for hydroxylation is 2. The van der Waals surface area contributed by atoms with E-state index in [0.717, 1.165) is 45.7 Å². The van der Waals surface area contributed by atoms with Crippen molar-refractivity contribution < 1.29 is 51.5 Å². The second kappa shape index (κ2) is 32.8. The predicted octanol–water partition coefficient (Wildman–Crippen LogP) is 8.08. The summed E-state index contributed by atoms with van der Waals surface area (Å²) < 4.78 is 48.6. The molecular weight excluding hydrogens is 1230 g/mol. The van der Waals surface area contributed by atoms with Crippen LogP contribution in [0.4, 0.5) is 0 Å². The molecule has 0 spiro atoms. The van der Waals surface area contributed by atoms with Crippen molar-refractivity contribution in [2.45, 2.75) is 28.9 Å². The number of nitrogens with zero attached hydrogens (tertiary/aromatic N) is 6. The zero-order valence-corrected chi connectivity index (χ0v) is 46.8. The van der Waals surface area contributed by atoms with Gasteiger partial charge in [-0.25, -0.2) is 46.7 Å². The molecule has 0 amide bonds. The molecule has 0 radical (unpaired) electrons. The number of aromatic hydroxyl groups is 1. The molecule has 6 rings (SSSR count). The van der Waals surface area contributed by atoms with Crippen molar-refractivity contribution in [1.82, 2.24) is 29.9 Å². The van der Waals surface area contributed by atoms with Crippen LogP contribution in [0.15, 0.2) is 152 Å². The molecule has 0 aliphatic carbocycles. The first-order chi connectivity index (χ1) is 26.7. The van der Waals surface area contributed by atoms with E-state index >= 15 is 0 Å². The van der Waals surface area contributed by atoms with Crippen molar-refractivity contribution in [3.8, 4) is 5.75 Å². The van der Waals surface area contributed by atoms with E-state index in [9.17, 15) is 16.8 Å². The third-order valence-corrected chi connectivity index (χ3v) is 11.6. The second-order valence-corrected chi connectivity index (χ2v) is 20.1. The number of pyridine rings is 6. The molecule has 22 heteroatoms. The number of hydrogen-bond donors (Lipinski definition) is 1. The molecule has 0 aromatic carbocycles. The zero-order chi connectivity index (χ0) is 43.6. The van der Waals surface area contributed by atoms with Gasteiger partial charge in [0.1, 0.15) is 19.6 Å². The summed E-state index contributed by atoms with van der Waals surface area (Å²) in [6, 6.07) is 21.3. The quantitative estimate of drug-likeness (QED) is 0.0783. The van der Waals surface area contributed by atoms with Crippen LogP contribution < -0.4 is 29.6 Å². The van der Waals surface area contributed by atoms with Crippen molar-refractivity contribution in [3.05, 3.63) is 148 Å². The van der Waals surface area contributed by atoms with E-state index in [1.54, 1.807) is 67.1 Å². The van der Waals surface area contributed by atoms with Gasteiger partial charge in [0.15, 0.2) is 29.7 Å². The van der Waals surface area contributed by atoms with Gasteiger partial charge >= 0.3 is 29.6 Å². The van der Waals surface area contributed by atoms with E-state index in [0.29, 0.717) is 4.60 Å². The molecule has 1 N–H and O–H groups in total. The predicted molar refractivity (Wildman–Crippen MR) is 254 cm³/mol. The number of rotatable bonds is 3. The van der Waals surface area contributed by atoms with E-state index in [1.807, 2.05) is 56.5 Å². The van der Waals surface area contributed by atoms with Gasteiger partial charge in [0.25, 0.3) is 0 Å². The van der Waals surface area contributed by atoms with Gasteiger partial charge in [0.2, 0.25) is 0 Å². The van der Waals surface area contributed by atoms with E-state index in [-0.39, 0.29) is 45.4 Å². The fraction of sp³-hybridized carbons (Fsp3) is 0.167. The summed E-state index contributed by atoms with van der Waals surface area (Å²) in [5, 5.41) is 10.1. The monoisotopic (exact) mass is 1260 g/mol. The van der Waals surface area contributed by atoms with Gasteiger partial charge in [-0.2, -0.15) is 6.26 Å². The van der Waals surface area contributed by atoms with Crippen LogP contribution in [-0.4, -0.2) is 76.9 Å². The molecule has 0 atom stereocenters. The summed E-state index contributed by atoms with van der Waals surface area (Å²) in [6.07, 6.45) is 15.8. The van der Waals surface area contributed by atoms with E-state index in [2.05, 4.69) is 138 Å². The zero-order valence-electron chi connectivity index (χ0n) is 32.1. The molecule has 0 saturated carbocycles. The van der Waals surface area contributed by atoms with Gasteiger partial charge in [-0.3, -0.25) is 0 Å². The third kappa shape index (κ3) is 28.7. The summed E-state index contributed by atoms with van der Waals surface area (Å²) in [7, 11) is -6.28. The van der Waals surface area contributed by atoms with E-state index < -0.39 is 19.7 Å². The molecule has 0 saturated heterocycles. The summed E-state index contributed by atoms with van der Waals surface area (Å²) in [6.45, 7) is 3.87. The Labute approximate surface area is 423 Å². The molecule has 308 valence electrons. The Hall–Kier alpha value is -0.820. The average molecular weight is 1260 g/mol. The summed E-state index contributed by atoms with van der Waals surface area (Å²) >= 11 is 25.0. The van der Waals surface area contributed by atoms with Crippen molar-refractivity contribution in [3.63, 3.8) is 0 Å². The SMILES string of the molecule is Brc1ccc(Br)nc1.CS(=O)(=O)c1ccc(Br)cn1.CSc1ccc(Br)cn1.C[S-].Cc1ccc(S(C)(=O)=O)nc1.Cc1cccnc1Br.Oc1cccnc1Br.[Na+]. The van der Waals surface area contributed by atoms with Crippen LogP contribution >= 0.6 is 107 Å². The molecule has 58 heavy (non-hydrogen) atoms. The van der Waals surface area contributed by atoms with Gasteiger partial charge in [-0.15, -0.1) is 11.8 Å². The Balaban J connectivity index is 0. The van der Waals surface area contributed by atoms with Crippen LogP contribution in [0.5, 0.6) is 5.75 Å². The van der Waals surface area contributed by atoms with Gasteiger partial charge in [0, 0.05) is 63.1 Å². The van der Waals surface area contributed by atoms with Crippen molar-refractivity contribution >= 4 is 140 Å². The molecule has 0 aliphatic rings. The van der Waals surface area contributed by atoms with Crippen LogP contribution in [0.25, 0.3) is 0 Å². The first kappa shape index (κ1) is 59.3. The number of thioether (sulfide) groups is 1. The smallest absolute Gasteiger partial charge is 0.796 e. The normalized spacial score (nSPS) is 9.74. The molecular formula is C36H37Br6N6NaO5S4. The third-order valence-electron chi connectivity index (χ3n) is 5.63. The van der Waals surface area contributed by atoms with E-state index in [1.165, 1.54) is 30.1 Å². The Kier molecular flexibility index (Phi) is 33.6. The summed E-state index contributed by atoms with van der Waals surface area (Å²) in [5.74, 6) is 0.174. The Morgan fingerprint density at radius 3 is 1.31 bits per heavy atom. The Morgan fingerprint density at radius 2 is 1.02 bits per heavy atom. The number of halogens is 6. The van der Waals surface area contributed by atoms with Crippen LogP contribution in [0.2, 0.25) is 0 Å². The van der Waals surface area contributed by atoms with Crippen LogP contribution in [0.3, 0.4) is 0 Å². The average Bonchev–Trinajstić information content (AvgIpc) is 3.17. The largest absolute Gasteiger partial charge is 1.00 e. The molecule has 0 unspecified atom stereocenters. The molecule has 0 fully saturated rings. The Bertz CT molecular complexity index is 2070. The number of sulfone groups is 2. The van der Waals surface area contributed by atoms with Crippen molar-refractivity contribution in [2.24, 2.45) is 0 Å². The minimum Gasteiger partial charge on any atom is -0.796 e. The molecule has 11 nitrogen and oxygen atoms in total. The van der Waals surface area contributed by atoms with Crippen LogP contribution in [0.1, 0.15) is 11.1 Å². The maximum Gasteiger partial charge on any atom is 1.00 e. The molecule has 6 heterocycles. The van der Waals surface area contributed by atoms with E-state index in [4.69, 9.17) is 5.11 Å². The maximum atomic E-state index is 10.9. The first-order valence-corrected chi connectivity index (χ1v) is 26.0. The molecule has 6 aromatic heterocycles.